The van der Waals surface area contributed by atoms with Crippen molar-refractivity contribution in [3.63, 3.8) is 0 Å². The maximum absolute atomic E-state index is 12.1. The van der Waals surface area contributed by atoms with Crippen LogP contribution < -0.4 is 4.74 Å². The Kier molecular flexibility index (Phi) is 5.66. The van der Waals surface area contributed by atoms with Gasteiger partial charge in [-0.05, 0) is 42.0 Å². The number of hydrogen-bond acceptors (Lipinski definition) is 4. The van der Waals surface area contributed by atoms with E-state index >= 15 is 0 Å². The zero-order chi connectivity index (χ0) is 17.8. The van der Waals surface area contributed by atoms with Crippen LogP contribution in [0.4, 0.5) is 0 Å². The summed E-state index contributed by atoms with van der Waals surface area (Å²) in [5.41, 5.74) is 1.03. The molecule has 0 saturated carbocycles. The second-order valence-electron chi connectivity index (χ2n) is 5.91. The van der Waals surface area contributed by atoms with E-state index < -0.39 is 0 Å². The summed E-state index contributed by atoms with van der Waals surface area (Å²) in [5, 5.41) is 0.792. The molecule has 25 heavy (non-hydrogen) atoms. The molecule has 2 aromatic rings. The summed E-state index contributed by atoms with van der Waals surface area (Å²) >= 11 is 7.11. The molecule has 1 atom stereocenters. The number of halogens is 1. The number of thioether (sulfide) groups is 1. The van der Waals surface area contributed by atoms with Crippen LogP contribution in [0.5, 0.6) is 11.5 Å². The lowest BCUT2D eigenvalue weighted by molar-refractivity contribution is -0.128. The summed E-state index contributed by atoms with van der Waals surface area (Å²) in [7, 11) is 0. The standard InChI is InChI=1S/C19H18ClNO3S/c1-13(22)25-18-10-19(23)21(12-18)11-14-2-6-16(7-3-14)24-17-8-4-15(20)5-9-17/h2-9,18H,10-12H2,1H3/t18-/m1/s1. The lowest BCUT2D eigenvalue weighted by Gasteiger charge is -2.16. The number of ether oxygens (including phenoxy) is 1. The fourth-order valence-corrected chi connectivity index (χ4v) is 3.80. The van der Waals surface area contributed by atoms with Gasteiger partial charge in [-0.15, -0.1) is 0 Å². The van der Waals surface area contributed by atoms with Crippen LogP contribution in [0, 0.1) is 0 Å². The van der Waals surface area contributed by atoms with Crippen molar-refractivity contribution in [3.05, 3.63) is 59.1 Å². The second-order valence-corrected chi connectivity index (χ2v) is 7.82. The van der Waals surface area contributed by atoms with E-state index in [0.717, 1.165) is 17.1 Å². The van der Waals surface area contributed by atoms with Crippen molar-refractivity contribution >= 4 is 34.4 Å². The minimum absolute atomic E-state index is 0.0587. The van der Waals surface area contributed by atoms with Crippen LogP contribution in [-0.4, -0.2) is 27.7 Å². The lowest BCUT2D eigenvalue weighted by atomic mass is 10.2. The van der Waals surface area contributed by atoms with Gasteiger partial charge >= 0.3 is 0 Å². The first kappa shape index (κ1) is 17.8. The highest BCUT2D eigenvalue weighted by molar-refractivity contribution is 8.14. The van der Waals surface area contributed by atoms with Crippen LogP contribution in [0.3, 0.4) is 0 Å². The second kappa shape index (κ2) is 7.93. The highest BCUT2D eigenvalue weighted by Gasteiger charge is 2.30. The molecular weight excluding hydrogens is 358 g/mol. The molecule has 2 aromatic carbocycles. The van der Waals surface area contributed by atoms with Crippen LogP contribution in [-0.2, 0) is 16.1 Å². The van der Waals surface area contributed by atoms with E-state index in [1.165, 1.54) is 18.7 Å². The van der Waals surface area contributed by atoms with E-state index in [-0.39, 0.29) is 16.3 Å². The molecule has 0 radical (unpaired) electrons. The largest absolute Gasteiger partial charge is 0.457 e. The molecule has 1 aliphatic heterocycles. The molecule has 6 heteroatoms. The third-order valence-electron chi connectivity index (χ3n) is 3.86. The van der Waals surface area contributed by atoms with Crippen molar-refractivity contribution < 1.29 is 14.3 Å². The monoisotopic (exact) mass is 375 g/mol. The van der Waals surface area contributed by atoms with Gasteiger partial charge in [-0.1, -0.05) is 35.5 Å². The number of likely N-dealkylation sites (tertiary alicyclic amines) is 1. The first-order chi connectivity index (χ1) is 12.0. The Hall–Kier alpha value is -1.98. The molecule has 130 valence electrons. The van der Waals surface area contributed by atoms with Crippen molar-refractivity contribution in [1.29, 1.82) is 0 Å². The minimum Gasteiger partial charge on any atom is -0.457 e. The molecule has 4 nitrogen and oxygen atoms in total. The van der Waals surface area contributed by atoms with Crippen LogP contribution in [0.15, 0.2) is 48.5 Å². The van der Waals surface area contributed by atoms with Crippen molar-refractivity contribution in [2.24, 2.45) is 0 Å². The van der Waals surface area contributed by atoms with Gasteiger partial charge in [0.2, 0.25) is 5.91 Å². The van der Waals surface area contributed by atoms with Crippen molar-refractivity contribution in [1.82, 2.24) is 4.90 Å². The number of amides is 1. The Morgan fingerprint density at radius 1 is 1.16 bits per heavy atom. The fraction of sp³-hybridized carbons (Fsp3) is 0.263. The van der Waals surface area contributed by atoms with Gasteiger partial charge in [-0.25, -0.2) is 0 Å². The SMILES string of the molecule is CC(=O)S[C@@H]1CC(=O)N(Cc2ccc(Oc3ccc(Cl)cc3)cc2)C1. The Balaban J connectivity index is 1.58. The Morgan fingerprint density at radius 2 is 1.76 bits per heavy atom. The summed E-state index contributed by atoms with van der Waals surface area (Å²) in [4.78, 5) is 25.1. The molecule has 3 rings (SSSR count). The Morgan fingerprint density at radius 3 is 2.36 bits per heavy atom. The van der Waals surface area contributed by atoms with Gasteiger partial charge in [0.05, 0.1) is 0 Å². The van der Waals surface area contributed by atoms with Gasteiger partial charge in [-0.2, -0.15) is 0 Å². The summed E-state index contributed by atoms with van der Waals surface area (Å²) in [6.45, 7) is 2.71. The van der Waals surface area contributed by atoms with Gasteiger partial charge in [-0.3, -0.25) is 9.59 Å². The van der Waals surface area contributed by atoms with Gasteiger partial charge < -0.3 is 9.64 Å². The molecule has 1 amide bonds. The predicted molar refractivity (Wildman–Crippen MR) is 100 cm³/mol. The number of rotatable bonds is 5. The molecular formula is C19H18ClNO3S. The first-order valence-electron chi connectivity index (χ1n) is 7.97. The van der Waals surface area contributed by atoms with Crippen LogP contribution in [0.25, 0.3) is 0 Å². The lowest BCUT2D eigenvalue weighted by Crippen LogP contribution is -2.24. The third kappa shape index (κ3) is 5.00. The molecule has 1 heterocycles. The highest BCUT2D eigenvalue weighted by Crippen LogP contribution is 2.27. The maximum Gasteiger partial charge on any atom is 0.224 e. The van der Waals surface area contributed by atoms with Crippen LogP contribution in [0.2, 0.25) is 5.02 Å². The van der Waals surface area contributed by atoms with Gasteiger partial charge in [0.15, 0.2) is 5.12 Å². The van der Waals surface area contributed by atoms with Crippen molar-refractivity contribution in [3.8, 4) is 11.5 Å². The minimum atomic E-state index is 0.0587. The van der Waals surface area contributed by atoms with E-state index in [1.807, 2.05) is 36.4 Å². The average molecular weight is 376 g/mol. The summed E-state index contributed by atoms with van der Waals surface area (Å²) in [6.07, 6.45) is 0.433. The van der Waals surface area contributed by atoms with Crippen LogP contribution in [0.1, 0.15) is 18.9 Å². The van der Waals surface area contributed by atoms with E-state index in [0.29, 0.717) is 24.5 Å². The number of nitrogens with zero attached hydrogens (tertiary/aromatic N) is 1. The van der Waals surface area contributed by atoms with Crippen molar-refractivity contribution in [2.45, 2.75) is 25.1 Å². The first-order valence-corrected chi connectivity index (χ1v) is 9.23. The maximum atomic E-state index is 12.1. The quantitative estimate of drug-likeness (QED) is 0.771. The van der Waals surface area contributed by atoms with Gasteiger partial charge in [0, 0.05) is 36.7 Å². The van der Waals surface area contributed by atoms with E-state index in [2.05, 4.69) is 0 Å². The highest BCUT2D eigenvalue weighted by atomic mass is 35.5. The molecule has 1 saturated heterocycles. The normalized spacial score (nSPS) is 17.0. The van der Waals surface area contributed by atoms with E-state index in [4.69, 9.17) is 16.3 Å². The smallest absolute Gasteiger partial charge is 0.224 e. The van der Waals surface area contributed by atoms with E-state index in [9.17, 15) is 9.59 Å². The van der Waals surface area contributed by atoms with E-state index in [1.54, 1.807) is 17.0 Å². The molecule has 0 N–H and O–H groups in total. The molecule has 0 aliphatic carbocycles. The topological polar surface area (TPSA) is 46.6 Å². The molecule has 1 fully saturated rings. The molecule has 0 spiro atoms. The van der Waals surface area contributed by atoms with Crippen molar-refractivity contribution in [2.75, 3.05) is 6.54 Å². The average Bonchev–Trinajstić information content (AvgIpc) is 2.90. The fourth-order valence-electron chi connectivity index (χ4n) is 2.72. The third-order valence-corrected chi connectivity index (χ3v) is 5.09. The Labute approximate surface area is 156 Å². The van der Waals surface area contributed by atoms with Gasteiger partial charge in [0.1, 0.15) is 11.5 Å². The molecule has 0 bridgehead atoms. The Bertz CT molecular complexity index is 761. The number of carbonyl (C=O) groups excluding carboxylic acids is 2. The number of benzene rings is 2. The molecule has 1 aliphatic rings. The summed E-state index contributed by atoms with van der Waals surface area (Å²) in [6, 6.07) is 14.8. The zero-order valence-corrected chi connectivity index (χ0v) is 15.3. The summed E-state index contributed by atoms with van der Waals surface area (Å²) < 4.78 is 5.76. The number of hydrogen-bond donors (Lipinski definition) is 0. The molecule has 0 aromatic heterocycles. The molecule has 0 unspecified atom stereocenters. The zero-order valence-electron chi connectivity index (χ0n) is 13.8. The summed E-state index contributed by atoms with van der Waals surface area (Å²) in [5.74, 6) is 1.54. The number of carbonyl (C=O) groups is 2. The van der Waals surface area contributed by atoms with Crippen LogP contribution >= 0.6 is 23.4 Å². The predicted octanol–water partition coefficient (Wildman–Crippen LogP) is 4.51. The van der Waals surface area contributed by atoms with Gasteiger partial charge in [0.25, 0.3) is 0 Å².